The van der Waals surface area contributed by atoms with Gasteiger partial charge >= 0.3 is 0 Å². The number of amides is 1. The first kappa shape index (κ1) is 24.4. The van der Waals surface area contributed by atoms with Gasteiger partial charge in [-0.05, 0) is 48.1 Å². The molecule has 164 valence electrons. The van der Waals surface area contributed by atoms with Gasteiger partial charge in [0, 0.05) is 39.3 Å². The van der Waals surface area contributed by atoms with Crippen LogP contribution in [-0.2, 0) is 11.2 Å². The topological polar surface area (TPSA) is 68.8 Å². The fourth-order valence-corrected chi connectivity index (χ4v) is 4.15. The molecule has 1 aromatic heterocycles. The number of thiophene rings is 1. The summed E-state index contributed by atoms with van der Waals surface area (Å²) in [5.74, 6) is 0.299. The number of benzene rings is 1. The van der Waals surface area contributed by atoms with Crippen molar-refractivity contribution >= 4 is 52.2 Å². The number of halogens is 2. The minimum Gasteiger partial charge on any atom is -0.363 e. The van der Waals surface area contributed by atoms with Crippen LogP contribution in [0.5, 0.6) is 0 Å². The molecule has 0 atom stereocenters. The Balaban J connectivity index is 0.00000320. The highest BCUT2D eigenvalue weighted by Gasteiger charge is 2.20. The Morgan fingerprint density at radius 1 is 1.20 bits per heavy atom. The lowest BCUT2D eigenvalue weighted by atomic mass is 10.1. The lowest BCUT2D eigenvalue weighted by Gasteiger charge is -2.33. The molecule has 6 nitrogen and oxygen atoms in total. The van der Waals surface area contributed by atoms with Gasteiger partial charge in [-0.3, -0.25) is 9.79 Å². The maximum Gasteiger partial charge on any atom is 0.224 e. The second-order valence-electron chi connectivity index (χ2n) is 7.01. The van der Waals surface area contributed by atoms with Crippen molar-refractivity contribution in [2.24, 2.45) is 4.99 Å². The van der Waals surface area contributed by atoms with E-state index >= 15 is 0 Å². The number of piperidine rings is 1. The summed E-state index contributed by atoms with van der Waals surface area (Å²) in [6, 6.07) is 10.8. The van der Waals surface area contributed by atoms with Gasteiger partial charge in [0.15, 0.2) is 5.96 Å². The van der Waals surface area contributed by atoms with Gasteiger partial charge in [-0.15, -0.1) is 35.3 Å². The Morgan fingerprint density at radius 2 is 1.97 bits per heavy atom. The molecule has 3 N–H and O–H groups in total. The first-order valence-electron chi connectivity index (χ1n) is 9.91. The molecule has 1 fully saturated rings. The molecule has 0 radical (unpaired) electrons. The molecule has 0 spiro atoms. The van der Waals surface area contributed by atoms with E-state index in [0.29, 0.717) is 24.7 Å². The number of carbonyl (C=O) groups excluding carboxylic acids is 1. The molecule has 30 heavy (non-hydrogen) atoms. The summed E-state index contributed by atoms with van der Waals surface area (Å²) in [5, 5.41) is 13.0. The predicted molar refractivity (Wildman–Crippen MR) is 133 cm³/mol. The molecule has 0 aliphatic carbocycles. The molecule has 3 rings (SSSR count). The third-order valence-corrected chi connectivity index (χ3v) is 5.80. The predicted octanol–water partition coefficient (Wildman–Crippen LogP) is 3.00. The quantitative estimate of drug-likeness (QED) is 0.217. The van der Waals surface area contributed by atoms with Crippen LogP contribution >= 0.6 is 35.3 Å². The van der Waals surface area contributed by atoms with Crippen molar-refractivity contribution < 1.29 is 9.18 Å². The van der Waals surface area contributed by atoms with E-state index < -0.39 is 0 Å². The fraction of sp³-hybridized carbons (Fsp3) is 0.429. The number of hydrogen-bond donors (Lipinski definition) is 3. The van der Waals surface area contributed by atoms with Crippen molar-refractivity contribution in [2.45, 2.75) is 25.3 Å². The summed E-state index contributed by atoms with van der Waals surface area (Å²) in [6.45, 7) is 3.12. The molecule has 1 saturated heterocycles. The molecule has 1 amide bonds. The molecule has 2 heterocycles. The Kier molecular flexibility index (Phi) is 10.4. The van der Waals surface area contributed by atoms with Gasteiger partial charge < -0.3 is 20.9 Å². The molecule has 0 unspecified atom stereocenters. The smallest absolute Gasteiger partial charge is 0.224 e. The highest BCUT2D eigenvalue weighted by molar-refractivity contribution is 14.0. The monoisotopic (exact) mass is 545 g/mol. The largest absolute Gasteiger partial charge is 0.363 e. The number of carbonyl (C=O) groups is 1. The Labute approximate surface area is 198 Å². The van der Waals surface area contributed by atoms with Crippen molar-refractivity contribution in [3.8, 4) is 0 Å². The molecule has 9 heteroatoms. The molecule has 2 aromatic rings. The molecular formula is C21H29FIN5OS. The van der Waals surface area contributed by atoms with Gasteiger partial charge in [0.1, 0.15) is 5.82 Å². The number of aliphatic imine (C=N–C) groups is 1. The number of nitrogens with one attached hydrogen (secondary N) is 3. The highest BCUT2D eigenvalue weighted by Crippen LogP contribution is 2.24. The first-order valence-corrected chi connectivity index (χ1v) is 10.8. The van der Waals surface area contributed by atoms with Crippen LogP contribution in [0.2, 0.25) is 0 Å². The first-order chi connectivity index (χ1) is 14.1. The molecule has 1 aromatic carbocycles. The van der Waals surface area contributed by atoms with Gasteiger partial charge in [-0.25, -0.2) is 4.39 Å². The zero-order valence-corrected chi connectivity index (χ0v) is 20.2. The summed E-state index contributed by atoms with van der Waals surface area (Å²) in [5.41, 5.74) is 0.668. The van der Waals surface area contributed by atoms with E-state index in [2.05, 4.69) is 43.4 Å². The van der Waals surface area contributed by atoms with Crippen LogP contribution in [0, 0.1) is 5.82 Å². The van der Waals surface area contributed by atoms with Gasteiger partial charge in [0.25, 0.3) is 0 Å². The standard InChI is InChI=1S/C21H28FN5OS.HI/c1-23-21(26-18-7-11-27(12-8-18)20-6-3-13-29-20)25-10-9-24-19(28)15-16-4-2-5-17(22)14-16;/h2-6,13-14,18H,7-12,15H2,1H3,(H,24,28)(H2,23,25,26);1H. The van der Waals surface area contributed by atoms with Gasteiger partial charge in [0.2, 0.25) is 5.91 Å². The average Bonchev–Trinajstić information content (AvgIpc) is 3.25. The number of guanidine groups is 1. The Bertz CT molecular complexity index is 809. The molecule has 0 saturated carbocycles. The van der Waals surface area contributed by atoms with Crippen molar-refractivity contribution in [2.75, 3.05) is 38.1 Å². The van der Waals surface area contributed by atoms with E-state index in [-0.39, 0.29) is 42.1 Å². The third kappa shape index (κ3) is 7.75. The van der Waals surface area contributed by atoms with Gasteiger partial charge in [-0.2, -0.15) is 0 Å². The number of nitrogens with zero attached hydrogens (tertiary/aromatic N) is 2. The van der Waals surface area contributed by atoms with Gasteiger partial charge in [0.05, 0.1) is 11.4 Å². The van der Waals surface area contributed by atoms with Crippen LogP contribution in [0.3, 0.4) is 0 Å². The summed E-state index contributed by atoms with van der Waals surface area (Å²) < 4.78 is 13.2. The molecule has 0 bridgehead atoms. The van der Waals surface area contributed by atoms with E-state index in [0.717, 1.165) is 31.9 Å². The number of rotatable bonds is 7. The highest BCUT2D eigenvalue weighted by atomic mass is 127. The summed E-state index contributed by atoms with van der Waals surface area (Å²) in [6.07, 6.45) is 2.29. The maximum absolute atomic E-state index is 13.2. The van der Waals surface area contributed by atoms with Crippen molar-refractivity contribution in [3.63, 3.8) is 0 Å². The van der Waals surface area contributed by atoms with E-state index in [1.165, 1.54) is 17.1 Å². The van der Waals surface area contributed by atoms with Crippen LogP contribution < -0.4 is 20.9 Å². The third-order valence-electron chi connectivity index (χ3n) is 4.87. The number of anilines is 1. The van der Waals surface area contributed by atoms with Crippen LogP contribution in [-0.4, -0.2) is 51.1 Å². The van der Waals surface area contributed by atoms with Crippen molar-refractivity contribution in [1.82, 2.24) is 16.0 Å². The second-order valence-corrected chi connectivity index (χ2v) is 7.94. The van der Waals surface area contributed by atoms with Crippen LogP contribution in [0.25, 0.3) is 0 Å². The van der Waals surface area contributed by atoms with Crippen LogP contribution in [0.1, 0.15) is 18.4 Å². The maximum atomic E-state index is 13.2. The van der Waals surface area contributed by atoms with E-state index in [4.69, 9.17) is 0 Å². The summed E-state index contributed by atoms with van der Waals surface area (Å²) >= 11 is 1.78. The molecular weight excluding hydrogens is 516 g/mol. The van der Waals surface area contributed by atoms with Crippen LogP contribution in [0.15, 0.2) is 46.8 Å². The lowest BCUT2D eigenvalue weighted by Crippen LogP contribution is -2.49. The van der Waals surface area contributed by atoms with E-state index in [9.17, 15) is 9.18 Å². The van der Waals surface area contributed by atoms with Crippen molar-refractivity contribution in [3.05, 3.63) is 53.2 Å². The van der Waals surface area contributed by atoms with Crippen molar-refractivity contribution in [1.29, 1.82) is 0 Å². The summed E-state index contributed by atoms with van der Waals surface area (Å²) in [7, 11) is 1.75. The Morgan fingerprint density at radius 3 is 2.63 bits per heavy atom. The number of hydrogen-bond acceptors (Lipinski definition) is 4. The van der Waals surface area contributed by atoms with Gasteiger partial charge in [-0.1, -0.05) is 12.1 Å². The SMILES string of the molecule is CN=C(NCCNC(=O)Cc1cccc(F)c1)NC1CCN(c2cccs2)CC1.I. The normalized spacial score (nSPS) is 14.7. The van der Waals surface area contributed by atoms with E-state index in [1.807, 2.05) is 0 Å². The van der Waals surface area contributed by atoms with Crippen LogP contribution in [0.4, 0.5) is 9.39 Å². The second kappa shape index (κ2) is 12.7. The summed E-state index contributed by atoms with van der Waals surface area (Å²) in [4.78, 5) is 18.7. The molecule has 1 aliphatic rings. The Hall–Kier alpha value is -1.88. The lowest BCUT2D eigenvalue weighted by molar-refractivity contribution is -0.120. The van der Waals surface area contributed by atoms with E-state index in [1.54, 1.807) is 30.5 Å². The zero-order valence-electron chi connectivity index (χ0n) is 17.1. The average molecular weight is 545 g/mol. The zero-order chi connectivity index (χ0) is 20.5. The minimum atomic E-state index is -0.326. The molecule has 1 aliphatic heterocycles. The fourth-order valence-electron chi connectivity index (χ4n) is 3.36. The minimum absolute atomic E-state index is 0.